The SMILES string of the molecule is COC(=O)C1C(C)=NC(COCCOCCN)=C(C(=O)OCC(C)C)C1(C(=CC(=O)O)C(=O)O)c1cccc(C(F)(F)F)c1Cl. The highest BCUT2D eigenvalue weighted by Crippen LogP contribution is 2.54. The molecular formula is C29H34ClF3N2O10. The standard InChI is InChI=1S/C29H34ClF3N2O10/c1-15(2)13-45-27(41)23-20(14-44-11-10-43-9-8-34)35-16(3)22(26(40)42-4)28(23,19(25(38)39)12-21(36)37)17-6-5-7-18(24(17)30)29(31,32)33/h5-7,12,15,22H,8-11,13-14,34H2,1-4H3,(H,36,37)(H,38,39). The summed E-state index contributed by atoms with van der Waals surface area (Å²) >= 11 is 6.37. The number of carbonyl (C=O) groups excluding carboxylic acids is 2. The Balaban J connectivity index is 3.22. The third-order valence-corrected chi connectivity index (χ3v) is 6.97. The number of alkyl halides is 3. The van der Waals surface area contributed by atoms with Crippen LogP contribution in [0.1, 0.15) is 31.9 Å². The van der Waals surface area contributed by atoms with Crippen molar-refractivity contribution >= 4 is 41.2 Å². The van der Waals surface area contributed by atoms with Crippen molar-refractivity contribution in [3.05, 3.63) is 57.3 Å². The molecule has 2 rings (SSSR count). The molecule has 1 heterocycles. The monoisotopic (exact) mass is 662 g/mol. The number of esters is 2. The van der Waals surface area contributed by atoms with E-state index in [9.17, 15) is 42.6 Å². The number of ether oxygens (including phenoxy) is 4. The van der Waals surface area contributed by atoms with E-state index in [1.165, 1.54) is 6.92 Å². The summed E-state index contributed by atoms with van der Waals surface area (Å²) in [5, 5.41) is 19.1. The molecule has 0 amide bonds. The number of hydrogen-bond acceptors (Lipinski definition) is 10. The number of aliphatic imine (C=N–C) groups is 1. The number of halogens is 4. The zero-order valence-corrected chi connectivity index (χ0v) is 25.7. The van der Waals surface area contributed by atoms with Crippen LogP contribution in [0.2, 0.25) is 5.02 Å². The summed E-state index contributed by atoms with van der Waals surface area (Å²) in [6.45, 7) is 4.14. The van der Waals surface area contributed by atoms with Gasteiger partial charge in [-0.15, -0.1) is 0 Å². The molecule has 0 radical (unpaired) electrons. The predicted molar refractivity (Wildman–Crippen MR) is 154 cm³/mol. The first-order valence-electron chi connectivity index (χ1n) is 13.5. The molecule has 2 unspecified atom stereocenters. The molecule has 0 bridgehead atoms. The van der Waals surface area contributed by atoms with Crippen molar-refractivity contribution in [3.8, 4) is 0 Å². The molecule has 0 saturated heterocycles. The Morgan fingerprint density at radius 1 is 1.13 bits per heavy atom. The molecule has 1 aromatic rings. The van der Waals surface area contributed by atoms with Crippen molar-refractivity contribution in [2.75, 3.05) is 46.7 Å². The maximum Gasteiger partial charge on any atom is 0.417 e. The van der Waals surface area contributed by atoms with Gasteiger partial charge in [0, 0.05) is 18.3 Å². The van der Waals surface area contributed by atoms with E-state index in [0.717, 1.165) is 19.2 Å². The van der Waals surface area contributed by atoms with Gasteiger partial charge in [-0.1, -0.05) is 37.6 Å². The minimum atomic E-state index is -5.09. The van der Waals surface area contributed by atoms with E-state index in [0.29, 0.717) is 6.07 Å². The van der Waals surface area contributed by atoms with Crippen LogP contribution in [0.3, 0.4) is 0 Å². The van der Waals surface area contributed by atoms with Crippen LogP contribution in [0.5, 0.6) is 0 Å². The fourth-order valence-corrected chi connectivity index (χ4v) is 5.28. The van der Waals surface area contributed by atoms with Crippen molar-refractivity contribution in [2.45, 2.75) is 32.4 Å². The summed E-state index contributed by atoms with van der Waals surface area (Å²) in [5.41, 5.74) is -2.25. The van der Waals surface area contributed by atoms with E-state index in [4.69, 9.17) is 36.3 Å². The molecule has 0 fully saturated rings. The predicted octanol–water partition coefficient (Wildman–Crippen LogP) is 3.40. The summed E-state index contributed by atoms with van der Waals surface area (Å²) < 4.78 is 63.7. The maximum absolute atomic E-state index is 14.2. The molecule has 0 aromatic heterocycles. The summed E-state index contributed by atoms with van der Waals surface area (Å²) in [6, 6.07) is 2.44. The van der Waals surface area contributed by atoms with Crippen LogP contribution in [0.15, 0.2) is 46.1 Å². The van der Waals surface area contributed by atoms with E-state index < -0.39 is 75.3 Å². The smallest absolute Gasteiger partial charge is 0.417 e. The number of benzene rings is 1. The van der Waals surface area contributed by atoms with E-state index in [1.54, 1.807) is 13.8 Å². The first-order valence-corrected chi connectivity index (χ1v) is 13.9. The average Bonchev–Trinajstić information content (AvgIpc) is 2.94. The minimum absolute atomic E-state index is 0.0367. The molecule has 0 spiro atoms. The molecule has 45 heavy (non-hydrogen) atoms. The number of methoxy groups -OCH3 is 1. The Hall–Kier alpha value is -3.79. The summed E-state index contributed by atoms with van der Waals surface area (Å²) in [5.74, 6) is -8.71. The van der Waals surface area contributed by atoms with Crippen LogP contribution >= 0.6 is 11.6 Å². The highest BCUT2D eigenvalue weighted by atomic mass is 35.5. The first-order chi connectivity index (χ1) is 21.0. The van der Waals surface area contributed by atoms with Crippen LogP contribution in [0.25, 0.3) is 0 Å². The second-order valence-electron chi connectivity index (χ2n) is 10.2. The molecule has 248 valence electrons. The number of nitrogens with zero attached hydrogens (tertiary/aromatic N) is 1. The molecule has 1 aromatic carbocycles. The van der Waals surface area contributed by atoms with Crippen LogP contribution in [-0.2, 0) is 49.7 Å². The topological polar surface area (TPSA) is 184 Å². The van der Waals surface area contributed by atoms with Gasteiger partial charge in [-0.2, -0.15) is 13.2 Å². The molecule has 1 aliphatic rings. The Kier molecular flexibility index (Phi) is 13.3. The van der Waals surface area contributed by atoms with Gasteiger partial charge in [0.15, 0.2) is 0 Å². The number of carbonyl (C=O) groups is 4. The molecular weight excluding hydrogens is 629 g/mol. The number of hydrogen-bond donors (Lipinski definition) is 3. The van der Waals surface area contributed by atoms with Crippen molar-refractivity contribution in [1.82, 2.24) is 0 Å². The van der Waals surface area contributed by atoms with E-state index in [2.05, 4.69) is 4.99 Å². The molecule has 0 saturated carbocycles. The van der Waals surface area contributed by atoms with E-state index >= 15 is 0 Å². The van der Waals surface area contributed by atoms with Crippen molar-refractivity contribution < 1.29 is 61.5 Å². The number of aliphatic carboxylic acids is 2. The van der Waals surface area contributed by atoms with Crippen LogP contribution in [0.4, 0.5) is 13.2 Å². The average molecular weight is 663 g/mol. The minimum Gasteiger partial charge on any atom is -0.478 e. The van der Waals surface area contributed by atoms with Gasteiger partial charge in [-0.25, -0.2) is 14.4 Å². The Labute approximate surface area is 261 Å². The normalized spacial score (nSPS) is 18.9. The van der Waals surface area contributed by atoms with Crippen molar-refractivity contribution in [2.24, 2.45) is 22.6 Å². The highest BCUT2D eigenvalue weighted by molar-refractivity contribution is 6.33. The van der Waals surface area contributed by atoms with E-state index in [-0.39, 0.29) is 56.4 Å². The maximum atomic E-state index is 14.2. The Morgan fingerprint density at radius 3 is 2.31 bits per heavy atom. The Bertz CT molecular complexity index is 1390. The summed E-state index contributed by atoms with van der Waals surface area (Å²) in [7, 11) is 0.913. The fourth-order valence-electron chi connectivity index (χ4n) is 4.90. The number of nitrogens with two attached hydrogens (primary N) is 1. The molecule has 16 heteroatoms. The van der Waals surface area contributed by atoms with Gasteiger partial charge in [-0.05, 0) is 24.5 Å². The number of carboxylic acid groups (broad SMARTS) is 2. The zero-order valence-electron chi connectivity index (χ0n) is 24.9. The van der Waals surface area contributed by atoms with Gasteiger partial charge in [-0.3, -0.25) is 9.79 Å². The largest absolute Gasteiger partial charge is 0.478 e. The molecule has 4 N–H and O–H groups in total. The van der Waals surface area contributed by atoms with Gasteiger partial charge < -0.3 is 34.9 Å². The van der Waals surface area contributed by atoms with Gasteiger partial charge in [0.05, 0.1) is 73.0 Å². The lowest BCUT2D eigenvalue weighted by atomic mass is 9.57. The summed E-state index contributed by atoms with van der Waals surface area (Å²) in [6.07, 6.45) is -4.92. The number of rotatable bonds is 15. The van der Waals surface area contributed by atoms with Crippen LogP contribution in [-0.4, -0.2) is 86.5 Å². The van der Waals surface area contributed by atoms with Crippen LogP contribution < -0.4 is 5.73 Å². The second kappa shape index (κ2) is 16.0. The molecule has 12 nitrogen and oxygen atoms in total. The summed E-state index contributed by atoms with van der Waals surface area (Å²) in [4.78, 5) is 56.8. The van der Waals surface area contributed by atoms with Gasteiger partial charge in [0.2, 0.25) is 0 Å². The molecule has 0 aliphatic carbocycles. The quantitative estimate of drug-likeness (QED) is 0.142. The third kappa shape index (κ3) is 8.48. The lowest BCUT2D eigenvalue weighted by molar-refractivity contribution is -0.146. The van der Waals surface area contributed by atoms with E-state index in [1.807, 2.05) is 0 Å². The fraction of sp³-hybridized carbons (Fsp3) is 0.483. The Morgan fingerprint density at radius 2 is 1.78 bits per heavy atom. The van der Waals surface area contributed by atoms with Crippen molar-refractivity contribution in [1.29, 1.82) is 0 Å². The second-order valence-corrected chi connectivity index (χ2v) is 10.5. The van der Waals surface area contributed by atoms with Gasteiger partial charge >= 0.3 is 30.1 Å². The third-order valence-electron chi connectivity index (χ3n) is 6.56. The van der Waals surface area contributed by atoms with Gasteiger partial charge in [0.25, 0.3) is 0 Å². The lowest BCUT2D eigenvalue weighted by Crippen LogP contribution is -2.53. The zero-order chi connectivity index (χ0) is 34.1. The lowest BCUT2D eigenvalue weighted by Gasteiger charge is -2.44. The van der Waals surface area contributed by atoms with Crippen LogP contribution in [0, 0.1) is 11.8 Å². The number of carboxylic acids is 2. The first kappa shape index (κ1) is 37.4. The molecule has 2 atom stereocenters. The van der Waals surface area contributed by atoms with Gasteiger partial charge in [0.1, 0.15) is 5.92 Å². The van der Waals surface area contributed by atoms with Crippen molar-refractivity contribution in [3.63, 3.8) is 0 Å². The highest BCUT2D eigenvalue weighted by Gasteiger charge is 2.60. The molecule has 1 aliphatic heterocycles.